The van der Waals surface area contributed by atoms with Crippen LogP contribution in [0.25, 0.3) is 0 Å². The summed E-state index contributed by atoms with van der Waals surface area (Å²) in [5.41, 5.74) is 0. The van der Waals surface area contributed by atoms with Gasteiger partial charge in [-0.1, -0.05) is 77.8 Å². The molecule has 0 aliphatic rings. The van der Waals surface area contributed by atoms with Crippen LogP contribution in [-0.4, -0.2) is 18.3 Å². The molecule has 0 N–H and O–H groups in total. The van der Waals surface area contributed by atoms with Crippen LogP contribution < -0.4 is 0 Å². The molecule has 0 heterocycles. The minimum Gasteiger partial charge on any atom is -0.465 e. The number of hydrogen-bond acceptors (Lipinski definition) is 3. The minimum atomic E-state index is -0.342. The van der Waals surface area contributed by atoms with Crippen molar-refractivity contribution in [2.24, 2.45) is 0 Å². The van der Waals surface area contributed by atoms with Gasteiger partial charge < -0.3 is 4.74 Å². The molecule has 1 aromatic rings. The fraction of sp³-hybridized carbons (Fsp3) is 0.462. The average molecular weight is 411 g/mol. The number of benzene rings is 1. The number of unbranched alkanes of at least 4 members (excludes halogenated alkanes) is 2. The molecule has 118 valence electrons. The van der Waals surface area contributed by atoms with Crippen molar-refractivity contribution in [1.82, 2.24) is 0 Å². The number of carbonyl (C=O) groups is 1. The van der Waals surface area contributed by atoms with Gasteiger partial charge >= 0.3 is 5.97 Å². The fourth-order valence-electron chi connectivity index (χ4n) is 1.42. The molecule has 21 heavy (non-hydrogen) atoms. The third-order valence-electron chi connectivity index (χ3n) is 2.51. The number of esters is 1. The van der Waals surface area contributed by atoms with Crippen molar-refractivity contribution in [3.8, 4) is 0 Å². The van der Waals surface area contributed by atoms with Crippen molar-refractivity contribution < 1.29 is 9.53 Å². The lowest BCUT2D eigenvalue weighted by atomic mass is 10.3. The number of hydrogen-bond donors (Lipinski definition) is 0. The molecule has 0 spiro atoms. The molecule has 0 amide bonds. The molecule has 0 aliphatic heterocycles. The molecule has 0 fully saturated rings. The zero-order valence-electron chi connectivity index (χ0n) is 11.2. The minimum absolute atomic E-state index is 0.0693. The molecule has 0 radical (unpaired) electrons. The zero-order valence-corrected chi connectivity index (χ0v) is 15.7. The predicted octanol–water partition coefficient (Wildman–Crippen LogP) is 6.78. The van der Waals surface area contributed by atoms with Gasteiger partial charge in [0.2, 0.25) is 0 Å². The monoisotopic (exact) mass is 408 g/mol. The molecule has 0 unspecified atom stereocenters. The average Bonchev–Trinajstić information content (AvgIpc) is 2.47. The summed E-state index contributed by atoms with van der Waals surface area (Å²) in [7, 11) is 0. The quantitative estimate of drug-likeness (QED) is 0.163. The molecule has 2 nitrogen and oxygen atoms in total. The molecular weight excluding hydrogens is 397 g/mol. The van der Waals surface area contributed by atoms with E-state index in [0.717, 1.165) is 31.0 Å². The third-order valence-corrected chi connectivity index (χ3v) is 6.09. The summed E-state index contributed by atoms with van der Waals surface area (Å²) in [5.74, 6) is -0.273. The largest absolute Gasteiger partial charge is 0.465 e. The highest BCUT2D eigenvalue weighted by Crippen LogP contribution is 2.47. The van der Waals surface area contributed by atoms with Gasteiger partial charge in [-0.15, -0.1) is 11.8 Å². The van der Waals surface area contributed by atoms with E-state index < -0.39 is 0 Å². The van der Waals surface area contributed by atoms with Gasteiger partial charge in [-0.3, -0.25) is 4.79 Å². The Labute approximate surface area is 153 Å². The van der Waals surface area contributed by atoms with Gasteiger partial charge in [-0.2, -0.15) is 0 Å². The lowest BCUT2D eigenvalue weighted by Gasteiger charge is -2.11. The van der Waals surface area contributed by atoms with Crippen LogP contribution in [-0.2, 0) is 9.53 Å². The first-order valence-corrected chi connectivity index (χ1v) is 9.07. The summed E-state index contributed by atoms with van der Waals surface area (Å²) in [6, 6.07) is 0. The Morgan fingerprint density at radius 1 is 0.952 bits per heavy atom. The third kappa shape index (κ3) is 5.56. The zero-order chi connectivity index (χ0) is 16.0. The second kappa shape index (κ2) is 9.59. The number of halogens is 5. The van der Waals surface area contributed by atoms with E-state index in [9.17, 15) is 4.79 Å². The summed E-state index contributed by atoms with van der Waals surface area (Å²) in [6.07, 6.45) is 2.95. The van der Waals surface area contributed by atoms with Gasteiger partial charge in [-0.25, -0.2) is 0 Å². The molecule has 0 saturated carbocycles. The summed E-state index contributed by atoms with van der Waals surface area (Å²) < 4.78 is 5.09. The second-order valence-corrected chi connectivity index (χ2v) is 6.99. The molecule has 0 aromatic heterocycles. The van der Waals surface area contributed by atoms with Crippen LogP contribution in [0.3, 0.4) is 0 Å². The summed E-state index contributed by atoms with van der Waals surface area (Å²) >= 11 is 31.1. The van der Waals surface area contributed by atoms with Gasteiger partial charge in [0.15, 0.2) is 0 Å². The molecule has 1 rings (SSSR count). The van der Waals surface area contributed by atoms with E-state index in [1.807, 2.05) is 0 Å². The Morgan fingerprint density at radius 3 is 2.00 bits per heavy atom. The maximum Gasteiger partial charge on any atom is 0.316 e. The van der Waals surface area contributed by atoms with E-state index in [1.54, 1.807) is 0 Å². The molecule has 0 atom stereocenters. The standard InChI is InChI=1S/C13H13Cl5O2S/c1-2-3-4-5-20-7(19)6-21-13-11(17)9(15)8(14)10(16)12(13)18/h2-6H2,1H3. The van der Waals surface area contributed by atoms with Crippen LogP contribution in [0.4, 0.5) is 0 Å². The van der Waals surface area contributed by atoms with Gasteiger partial charge in [0, 0.05) is 4.90 Å². The van der Waals surface area contributed by atoms with Crippen LogP contribution in [0.2, 0.25) is 25.1 Å². The normalized spacial score (nSPS) is 10.8. The maximum absolute atomic E-state index is 11.6. The van der Waals surface area contributed by atoms with Crippen LogP contribution >= 0.6 is 69.8 Å². The Kier molecular flexibility index (Phi) is 8.92. The van der Waals surface area contributed by atoms with Crippen molar-refractivity contribution in [1.29, 1.82) is 0 Å². The first kappa shape index (κ1) is 19.5. The van der Waals surface area contributed by atoms with Crippen LogP contribution in [0.1, 0.15) is 26.2 Å². The van der Waals surface area contributed by atoms with Gasteiger partial charge in [0.25, 0.3) is 0 Å². The Balaban J connectivity index is 2.66. The lowest BCUT2D eigenvalue weighted by molar-refractivity contribution is -0.140. The summed E-state index contributed by atoms with van der Waals surface area (Å²) in [4.78, 5) is 12.0. The number of thioether (sulfide) groups is 1. The first-order valence-electron chi connectivity index (χ1n) is 6.20. The van der Waals surface area contributed by atoms with E-state index in [0.29, 0.717) is 11.5 Å². The van der Waals surface area contributed by atoms with E-state index in [4.69, 9.17) is 62.7 Å². The van der Waals surface area contributed by atoms with E-state index >= 15 is 0 Å². The van der Waals surface area contributed by atoms with Gasteiger partial charge in [0.05, 0.1) is 37.5 Å². The molecule has 0 saturated heterocycles. The van der Waals surface area contributed by atoms with Crippen LogP contribution in [0.15, 0.2) is 4.90 Å². The first-order chi connectivity index (χ1) is 9.90. The second-order valence-electron chi connectivity index (χ2n) is 4.12. The van der Waals surface area contributed by atoms with Crippen LogP contribution in [0, 0.1) is 0 Å². The Morgan fingerprint density at radius 2 is 1.48 bits per heavy atom. The molecule has 1 aromatic carbocycles. The number of rotatable bonds is 7. The highest BCUT2D eigenvalue weighted by Gasteiger charge is 2.20. The fourth-order valence-corrected chi connectivity index (χ4v) is 3.80. The smallest absolute Gasteiger partial charge is 0.316 e. The van der Waals surface area contributed by atoms with Crippen molar-refractivity contribution >= 4 is 75.7 Å². The van der Waals surface area contributed by atoms with E-state index in [2.05, 4.69) is 6.92 Å². The highest BCUT2D eigenvalue weighted by molar-refractivity contribution is 8.00. The summed E-state index contributed by atoms with van der Waals surface area (Å²) in [6.45, 7) is 2.49. The van der Waals surface area contributed by atoms with E-state index in [1.165, 1.54) is 0 Å². The SMILES string of the molecule is CCCCCOC(=O)CSc1c(Cl)c(Cl)c(Cl)c(Cl)c1Cl. The number of ether oxygens (including phenoxy) is 1. The molecular formula is C13H13Cl5O2S. The van der Waals surface area contributed by atoms with Crippen molar-refractivity contribution in [3.05, 3.63) is 25.1 Å². The van der Waals surface area contributed by atoms with Gasteiger partial charge in [-0.05, 0) is 6.42 Å². The molecule has 8 heteroatoms. The topological polar surface area (TPSA) is 26.3 Å². The molecule has 0 aliphatic carbocycles. The lowest BCUT2D eigenvalue weighted by Crippen LogP contribution is -2.08. The van der Waals surface area contributed by atoms with Crippen LogP contribution in [0.5, 0.6) is 0 Å². The Hall–Kier alpha value is 0.490. The summed E-state index contributed by atoms with van der Waals surface area (Å²) in [5, 5.41) is 0.692. The van der Waals surface area contributed by atoms with Gasteiger partial charge in [0.1, 0.15) is 0 Å². The van der Waals surface area contributed by atoms with E-state index in [-0.39, 0.29) is 36.8 Å². The molecule has 0 bridgehead atoms. The van der Waals surface area contributed by atoms with Crippen molar-refractivity contribution in [2.75, 3.05) is 12.4 Å². The number of carbonyl (C=O) groups excluding carboxylic acids is 1. The Bertz CT molecular complexity index is 493. The predicted molar refractivity (Wildman–Crippen MR) is 92.7 cm³/mol. The maximum atomic E-state index is 11.6. The van der Waals surface area contributed by atoms with Crippen molar-refractivity contribution in [2.45, 2.75) is 31.1 Å². The van der Waals surface area contributed by atoms with Crippen molar-refractivity contribution in [3.63, 3.8) is 0 Å². The highest BCUT2D eigenvalue weighted by atomic mass is 35.5.